The summed E-state index contributed by atoms with van der Waals surface area (Å²) in [6, 6.07) is 9.48. The van der Waals surface area contributed by atoms with Crippen LogP contribution in [0.1, 0.15) is 105 Å². The van der Waals surface area contributed by atoms with Crippen LogP contribution < -0.4 is 31.6 Å². The first-order valence-electron chi connectivity index (χ1n) is 18.6. The number of hydrogen-bond acceptors (Lipinski definition) is 10. The highest BCUT2D eigenvalue weighted by molar-refractivity contribution is 6.05. The first-order chi connectivity index (χ1) is 26.9. The Kier molecular flexibility index (Phi) is 9.17. The number of anilines is 2. The van der Waals surface area contributed by atoms with Crippen molar-refractivity contribution in [3.63, 3.8) is 0 Å². The Morgan fingerprint density at radius 1 is 0.679 bits per heavy atom. The zero-order chi connectivity index (χ0) is 39.4. The third-order valence-corrected chi connectivity index (χ3v) is 10.3. The third-order valence-electron chi connectivity index (χ3n) is 10.3. The summed E-state index contributed by atoms with van der Waals surface area (Å²) in [4.78, 5) is 60.9. The van der Waals surface area contributed by atoms with Gasteiger partial charge in [-0.15, -0.1) is 0 Å². The molecule has 0 bridgehead atoms. The second-order valence-electron chi connectivity index (χ2n) is 14.1. The number of nitrogens with zero attached hydrogens (tertiary/aromatic N) is 8. The van der Waals surface area contributed by atoms with Crippen molar-refractivity contribution in [2.75, 3.05) is 23.8 Å². The van der Waals surface area contributed by atoms with Crippen molar-refractivity contribution in [2.24, 2.45) is 11.5 Å². The minimum absolute atomic E-state index is 0.197. The van der Waals surface area contributed by atoms with Gasteiger partial charge < -0.3 is 30.1 Å². The third kappa shape index (κ3) is 6.35. The van der Waals surface area contributed by atoms with Gasteiger partial charge in [0.1, 0.15) is 47.1 Å². The fraction of sp³-hybridized carbons (Fsp3) is 0.368. The minimum atomic E-state index is -0.612. The number of aryl methyl sites for hydroxylation is 4. The van der Waals surface area contributed by atoms with Crippen LogP contribution in [-0.4, -0.2) is 75.5 Å². The summed E-state index contributed by atoms with van der Waals surface area (Å²) >= 11 is 0. The monoisotopic (exact) mass is 762 g/mol. The van der Waals surface area contributed by atoms with E-state index in [0.717, 1.165) is 24.2 Å². The molecule has 0 radical (unpaired) electrons. The Bertz CT molecular complexity index is 2400. The molecule has 2 atom stereocenters. The molecule has 56 heavy (non-hydrogen) atoms. The van der Waals surface area contributed by atoms with Gasteiger partial charge in [-0.25, -0.2) is 9.97 Å². The number of carbonyl (C=O) groups is 4. The Balaban J connectivity index is 1.05. The largest absolute Gasteiger partial charge is 0.489 e. The van der Waals surface area contributed by atoms with Gasteiger partial charge in [0.2, 0.25) is 23.7 Å². The number of nitrogens with two attached hydrogens (primary N) is 2. The van der Waals surface area contributed by atoms with Gasteiger partial charge in [0, 0.05) is 24.2 Å². The summed E-state index contributed by atoms with van der Waals surface area (Å²) in [5.41, 5.74) is 16.3. The highest BCUT2D eigenvalue weighted by atomic mass is 16.5. The minimum Gasteiger partial charge on any atom is -0.489 e. The van der Waals surface area contributed by atoms with Crippen LogP contribution in [0, 0.1) is 13.8 Å². The van der Waals surface area contributed by atoms with E-state index >= 15 is 0 Å². The van der Waals surface area contributed by atoms with Crippen LogP contribution in [0.3, 0.4) is 0 Å². The van der Waals surface area contributed by atoms with Crippen molar-refractivity contribution >= 4 is 57.6 Å². The summed E-state index contributed by atoms with van der Waals surface area (Å²) in [7, 11) is 0. The van der Waals surface area contributed by atoms with Gasteiger partial charge in [-0.1, -0.05) is 12.8 Å². The zero-order valence-electron chi connectivity index (χ0n) is 31.5. The molecule has 290 valence electrons. The van der Waals surface area contributed by atoms with Gasteiger partial charge in [-0.2, -0.15) is 10.2 Å². The number of amides is 4. The molecule has 0 fully saturated rings. The number of rotatable bonds is 13. The maximum atomic E-state index is 13.6. The van der Waals surface area contributed by atoms with Gasteiger partial charge >= 0.3 is 0 Å². The van der Waals surface area contributed by atoms with E-state index in [4.69, 9.17) is 30.9 Å². The fourth-order valence-electron chi connectivity index (χ4n) is 7.76. The number of primary amides is 2. The average molecular weight is 763 g/mol. The van der Waals surface area contributed by atoms with E-state index in [0.29, 0.717) is 82.8 Å². The van der Waals surface area contributed by atoms with Crippen molar-refractivity contribution in [1.82, 2.24) is 38.7 Å². The molecule has 2 aliphatic heterocycles. The molecule has 4 amide bonds. The molecule has 2 aliphatic rings. The number of imidazole rings is 2. The second kappa shape index (κ2) is 14.2. The van der Waals surface area contributed by atoms with Crippen LogP contribution in [0.5, 0.6) is 11.5 Å². The topological polar surface area (TPSA) is 234 Å². The smallest absolute Gasteiger partial charge is 0.276 e. The number of carbonyl (C=O) groups excluding carboxylic acids is 4. The fourth-order valence-corrected chi connectivity index (χ4v) is 7.76. The van der Waals surface area contributed by atoms with Crippen LogP contribution in [0.2, 0.25) is 0 Å². The molecule has 0 saturated carbocycles. The predicted molar refractivity (Wildman–Crippen MR) is 205 cm³/mol. The highest BCUT2D eigenvalue weighted by Gasteiger charge is 2.32. The summed E-state index contributed by atoms with van der Waals surface area (Å²) in [5, 5.41) is 14.8. The van der Waals surface area contributed by atoms with Crippen molar-refractivity contribution in [3.05, 3.63) is 70.3 Å². The lowest BCUT2D eigenvalue weighted by Crippen LogP contribution is -2.27. The summed E-state index contributed by atoms with van der Waals surface area (Å²) in [6.07, 6.45) is 2.87. The van der Waals surface area contributed by atoms with Crippen molar-refractivity contribution < 1.29 is 28.7 Å². The average Bonchev–Trinajstić information content (AvgIpc) is 3.95. The molecule has 6 aromatic rings. The van der Waals surface area contributed by atoms with E-state index in [1.807, 2.05) is 36.8 Å². The molecule has 6 heterocycles. The number of nitrogens with one attached hydrogen (secondary N) is 2. The lowest BCUT2D eigenvalue weighted by molar-refractivity contribution is 0.0991. The van der Waals surface area contributed by atoms with Crippen LogP contribution in [0.4, 0.5) is 11.9 Å². The first kappa shape index (κ1) is 36.3. The molecule has 18 heteroatoms. The van der Waals surface area contributed by atoms with E-state index in [1.54, 1.807) is 45.8 Å². The van der Waals surface area contributed by atoms with Crippen molar-refractivity contribution in [3.8, 4) is 11.5 Å². The van der Waals surface area contributed by atoms with E-state index in [9.17, 15) is 19.2 Å². The van der Waals surface area contributed by atoms with E-state index in [-0.39, 0.29) is 48.2 Å². The Labute approximate surface area is 320 Å². The molecule has 0 spiro atoms. The summed E-state index contributed by atoms with van der Waals surface area (Å²) in [6.45, 7) is 9.08. The lowest BCUT2D eigenvalue weighted by atomic mass is 10.0. The molecule has 18 nitrogen and oxygen atoms in total. The molecule has 0 saturated heterocycles. The Hall–Kier alpha value is -6.72. The number of ether oxygens (including phenoxy) is 2. The Morgan fingerprint density at radius 2 is 1.09 bits per heavy atom. The maximum absolute atomic E-state index is 13.6. The first-order valence-corrected chi connectivity index (χ1v) is 18.6. The molecular formula is C38H42N12O6. The van der Waals surface area contributed by atoms with E-state index in [1.165, 1.54) is 0 Å². The van der Waals surface area contributed by atoms with Crippen LogP contribution >= 0.6 is 0 Å². The van der Waals surface area contributed by atoms with Crippen LogP contribution in [-0.2, 0) is 13.1 Å². The molecule has 0 aliphatic carbocycles. The van der Waals surface area contributed by atoms with Crippen molar-refractivity contribution in [1.29, 1.82) is 0 Å². The molecule has 8 rings (SSSR count). The number of unbranched alkanes of at least 4 members (excludes halogenated alkanes) is 1. The van der Waals surface area contributed by atoms with E-state index < -0.39 is 11.8 Å². The zero-order valence-corrected chi connectivity index (χ0v) is 31.5. The van der Waals surface area contributed by atoms with E-state index in [2.05, 4.69) is 20.8 Å². The van der Waals surface area contributed by atoms with Gasteiger partial charge in [0.25, 0.3) is 11.8 Å². The van der Waals surface area contributed by atoms with Gasteiger partial charge in [-0.05, 0) is 76.9 Å². The molecule has 2 aromatic carbocycles. The molecule has 6 N–H and O–H groups in total. The molecular weight excluding hydrogens is 720 g/mol. The lowest BCUT2D eigenvalue weighted by Gasteiger charge is -2.29. The van der Waals surface area contributed by atoms with Gasteiger partial charge in [-0.3, -0.25) is 39.2 Å². The summed E-state index contributed by atoms with van der Waals surface area (Å²) in [5.74, 6) is -0.353. The Morgan fingerprint density at radius 3 is 1.46 bits per heavy atom. The number of aromatic nitrogens is 8. The number of hydrogen-bond donors (Lipinski definition) is 4. The highest BCUT2D eigenvalue weighted by Crippen LogP contribution is 2.41. The SMILES string of the molecule is CCn1nc(C)cc1C(=O)Nc1nc2cc(C(N)=O)cc3c2n1[C@@H](CCCC[C@H]1COc2cc(C(N)=O)cc4nc(NC(=O)c5cc(C)nn5CC)n1c24)CO3. The molecule has 0 unspecified atom stereocenters. The van der Waals surface area contributed by atoms with Gasteiger partial charge in [0.15, 0.2) is 0 Å². The number of benzene rings is 2. The normalized spacial score (nSPS) is 15.8. The molecule has 4 aromatic heterocycles. The standard InChI is InChI=1S/C38H42N12O6/c1-5-47-27(11-19(3)45-47)35(53)43-37-41-25-13-21(33(39)51)15-29-31(25)49(37)23(17-55-29)9-7-8-10-24-18-56-30-16-22(34(40)52)14-26-32(30)50(24)38(42-26)44-36(54)28-12-20(4)46-48(28)6-2/h11-16,23-24H,5-10,17-18H2,1-4H3,(H2,39,51)(H2,40,52)(H,41,43,53)(H,42,44,54)/t23-,24-/m0/s1. The predicted octanol–water partition coefficient (Wildman–Crippen LogP) is 4.27. The quantitative estimate of drug-likeness (QED) is 0.122. The maximum Gasteiger partial charge on any atom is 0.276 e. The van der Waals surface area contributed by atoms with Crippen molar-refractivity contribution in [2.45, 2.75) is 78.6 Å². The van der Waals surface area contributed by atoms with Crippen LogP contribution in [0.25, 0.3) is 22.1 Å². The second-order valence-corrected chi connectivity index (χ2v) is 14.1. The van der Waals surface area contributed by atoms with Gasteiger partial charge in [0.05, 0.1) is 34.5 Å². The summed E-state index contributed by atoms with van der Waals surface area (Å²) < 4.78 is 19.6. The van der Waals surface area contributed by atoms with Crippen LogP contribution in [0.15, 0.2) is 36.4 Å².